The normalized spacial score (nSPS) is 21.8. The van der Waals surface area contributed by atoms with Crippen LogP contribution in [-0.2, 0) is 14.4 Å². The van der Waals surface area contributed by atoms with Gasteiger partial charge in [0.05, 0.1) is 24.7 Å². The Morgan fingerprint density at radius 3 is 2.07 bits per heavy atom. The highest BCUT2D eigenvalue weighted by molar-refractivity contribution is 6.10. The highest BCUT2D eigenvalue weighted by Gasteiger charge is 2.56. The van der Waals surface area contributed by atoms with Crippen molar-refractivity contribution < 1.29 is 29.0 Å². The number of carbonyl (C=O) groups is 3. The first-order valence-electron chi connectivity index (χ1n) is 14.6. The molecular weight excluding hydrogens is 532 g/mol. The van der Waals surface area contributed by atoms with E-state index in [2.05, 4.69) is 17.6 Å². The van der Waals surface area contributed by atoms with E-state index >= 15 is 0 Å². The second-order valence-electron chi connectivity index (χ2n) is 10.9. The quantitative estimate of drug-likeness (QED) is 0.182. The van der Waals surface area contributed by atoms with Crippen LogP contribution in [0, 0.1) is 11.8 Å². The molecule has 2 amide bonds. The molecule has 3 aromatic carbocycles. The largest absolute Gasteiger partial charge is 0.490 e. The molecule has 1 aliphatic carbocycles. The Kier molecular flexibility index (Phi) is 10.4. The number of amides is 2. The number of ketones is 1. The van der Waals surface area contributed by atoms with E-state index in [0.717, 1.165) is 19.3 Å². The van der Waals surface area contributed by atoms with Gasteiger partial charge in [0.2, 0.25) is 11.8 Å². The van der Waals surface area contributed by atoms with E-state index in [1.54, 1.807) is 66.7 Å². The number of anilines is 2. The lowest BCUT2D eigenvalue weighted by molar-refractivity contribution is -0.150. The zero-order valence-electron chi connectivity index (χ0n) is 24.5. The number of hydrogen-bond acceptors (Lipinski definition) is 6. The number of hydrogen-bond donors (Lipinski definition) is 3. The van der Waals surface area contributed by atoms with Crippen molar-refractivity contribution in [3.05, 3.63) is 84.4 Å². The third-order valence-corrected chi connectivity index (χ3v) is 7.57. The molecule has 0 aliphatic heterocycles. The predicted molar refractivity (Wildman–Crippen MR) is 163 cm³/mol. The molecule has 222 valence electrons. The van der Waals surface area contributed by atoms with E-state index in [4.69, 9.17) is 9.47 Å². The molecule has 42 heavy (non-hydrogen) atoms. The molecule has 8 heteroatoms. The average molecular weight is 573 g/mol. The van der Waals surface area contributed by atoms with Gasteiger partial charge < -0.3 is 25.2 Å². The summed E-state index contributed by atoms with van der Waals surface area (Å²) in [6, 6.07) is 23.0. The van der Waals surface area contributed by atoms with Gasteiger partial charge in [-0.25, -0.2) is 0 Å². The Morgan fingerprint density at radius 1 is 0.857 bits per heavy atom. The van der Waals surface area contributed by atoms with Crippen molar-refractivity contribution in [1.82, 2.24) is 0 Å². The van der Waals surface area contributed by atoms with Gasteiger partial charge in [0.25, 0.3) is 0 Å². The van der Waals surface area contributed by atoms with Gasteiger partial charge in [-0.3, -0.25) is 14.4 Å². The first-order valence-corrected chi connectivity index (χ1v) is 14.6. The van der Waals surface area contributed by atoms with Crippen molar-refractivity contribution in [3.63, 3.8) is 0 Å². The van der Waals surface area contributed by atoms with Crippen LogP contribution in [0.25, 0.3) is 0 Å². The minimum absolute atomic E-state index is 0.347. The average Bonchev–Trinajstić information content (AvgIpc) is 2.96. The molecular formula is C34H40N2O6. The fourth-order valence-electron chi connectivity index (χ4n) is 5.63. The number of para-hydroxylation sites is 2. The lowest BCUT2D eigenvalue weighted by Gasteiger charge is -2.44. The van der Waals surface area contributed by atoms with E-state index in [-0.39, 0.29) is 6.42 Å². The second kappa shape index (κ2) is 14.1. The maximum absolute atomic E-state index is 13.9. The summed E-state index contributed by atoms with van der Waals surface area (Å²) in [4.78, 5) is 41.3. The van der Waals surface area contributed by atoms with E-state index in [1.807, 2.05) is 19.1 Å². The van der Waals surface area contributed by atoms with Gasteiger partial charge in [0.1, 0.15) is 11.7 Å². The first-order chi connectivity index (χ1) is 20.2. The van der Waals surface area contributed by atoms with E-state index in [0.29, 0.717) is 41.7 Å². The Balaban J connectivity index is 1.78. The SMILES string of the molecule is CCCCCOc1ccc(C2C(C(=O)Nc3ccccc3)C(=O)CC(C)(O)C2C(=O)Nc2ccccc2)cc1OCC. The second-order valence-corrected chi connectivity index (χ2v) is 10.9. The van der Waals surface area contributed by atoms with Gasteiger partial charge in [0.15, 0.2) is 11.5 Å². The molecule has 4 rings (SSSR count). The fraction of sp³-hybridized carbons (Fsp3) is 0.382. The summed E-state index contributed by atoms with van der Waals surface area (Å²) in [5, 5.41) is 17.3. The summed E-state index contributed by atoms with van der Waals surface area (Å²) in [5.41, 5.74) is -0.118. The topological polar surface area (TPSA) is 114 Å². The van der Waals surface area contributed by atoms with Crippen LogP contribution >= 0.6 is 0 Å². The van der Waals surface area contributed by atoms with E-state index < -0.39 is 41.0 Å². The number of Topliss-reactive ketones (excluding diaryl/α,β-unsaturated/α-hetero) is 1. The number of nitrogens with one attached hydrogen (secondary N) is 2. The third-order valence-electron chi connectivity index (χ3n) is 7.57. The Bertz CT molecular complexity index is 1360. The van der Waals surface area contributed by atoms with Crippen molar-refractivity contribution >= 4 is 29.0 Å². The standard InChI is InChI=1S/C34H40N2O6/c1-4-6-13-20-42-27-19-18-23(21-28(27)41-5-2)29-30(32(38)35-24-14-9-7-10-15-24)26(37)22-34(3,40)31(29)33(39)36-25-16-11-8-12-17-25/h7-12,14-19,21,29-31,40H,4-6,13,20,22H2,1-3H3,(H,35,38)(H,36,39). The van der Waals surface area contributed by atoms with Crippen LogP contribution in [0.4, 0.5) is 11.4 Å². The molecule has 4 atom stereocenters. The van der Waals surface area contributed by atoms with Crippen LogP contribution in [0.15, 0.2) is 78.9 Å². The van der Waals surface area contributed by atoms with Gasteiger partial charge in [-0.2, -0.15) is 0 Å². The third kappa shape index (κ3) is 7.36. The summed E-state index contributed by atoms with van der Waals surface area (Å²) >= 11 is 0. The van der Waals surface area contributed by atoms with Crippen LogP contribution in [0.2, 0.25) is 0 Å². The van der Waals surface area contributed by atoms with Gasteiger partial charge in [0, 0.05) is 23.7 Å². The van der Waals surface area contributed by atoms with Gasteiger partial charge in [-0.1, -0.05) is 62.2 Å². The lowest BCUT2D eigenvalue weighted by atomic mass is 9.61. The molecule has 1 fully saturated rings. The van der Waals surface area contributed by atoms with Gasteiger partial charge in [-0.15, -0.1) is 0 Å². The number of benzene rings is 3. The minimum atomic E-state index is -1.72. The molecule has 0 heterocycles. The molecule has 3 aromatic rings. The molecule has 3 N–H and O–H groups in total. The molecule has 0 bridgehead atoms. The Morgan fingerprint density at radius 2 is 1.48 bits per heavy atom. The minimum Gasteiger partial charge on any atom is -0.490 e. The molecule has 0 aromatic heterocycles. The smallest absolute Gasteiger partial charge is 0.235 e. The number of carbonyl (C=O) groups excluding carboxylic acids is 3. The lowest BCUT2D eigenvalue weighted by Crippen LogP contribution is -2.56. The molecule has 0 radical (unpaired) electrons. The summed E-state index contributed by atoms with van der Waals surface area (Å²) < 4.78 is 11.9. The van der Waals surface area contributed by atoms with E-state index in [9.17, 15) is 19.5 Å². The zero-order chi connectivity index (χ0) is 30.1. The molecule has 4 unspecified atom stereocenters. The van der Waals surface area contributed by atoms with Crippen molar-refractivity contribution in [2.24, 2.45) is 11.8 Å². The molecule has 0 spiro atoms. The predicted octanol–water partition coefficient (Wildman–Crippen LogP) is 5.97. The van der Waals surface area contributed by atoms with Crippen LogP contribution < -0.4 is 20.1 Å². The zero-order valence-corrected chi connectivity index (χ0v) is 24.5. The van der Waals surface area contributed by atoms with Crippen molar-refractivity contribution in [2.45, 2.75) is 58.0 Å². The molecule has 0 saturated heterocycles. The van der Waals surface area contributed by atoms with Crippen molar-refractivity contribution in [1.29, 1.82) is 0 Å². The summed E-state index contributed by atoms with van der Waals surface area (Å²) in [6.07, 6.45) is 2.65. The van der Waals surface area contributed by atoms with Gasteiger partial charge >= 0.3 is 0 Å². The first kappa shape index (κ1) is 30.8. The Hall–Kier alpha value is -4.17. The van der Waals surface area contributed by atoms with E-state index in [1.165, 1.54) is 6.92 Å². The summed E-state index contributed by atoms with van der Waals surface area (Å²) in [5.74, 6) is -3.83. The Labute approximate surface area is 247 Å². The maximum Gasteiger partial charge on any atom is 0.235 e. The number of unbranched alkanes of at least 4 members (excludes halogenated alkanes) is 2. The molecule has 1 saturated carbocycles. The summed E-state index contributed by atoms with van der Waals surface area (Å²) in [7, 11) is 0. The molecule has 1 aliphatic rings. The number of aliphatic hydroxyl groups is 1. The molecule has 8 nitrogen and oxygen atoms in total. The monoisotopic (exact) mass is 572 g/mol. The summed E-state index contributed by atoms with van der Waals surface area (Å²) in [6.45, 7) is 6.34. The van der Waals surface area contributed by atoms with Gasteiger partial charge in [-0.05, 0) is 62.2 Å². The highest BCUT2D eigenvalue weighted by atomic mass is 16.5. The van der Waals surface area contributed by atoms with Crippen molar-refractivity contribution in [3.8, 4) is 11.5 Å². The maximum atomic E-state index is 13.9. The number of ether oxygens (including phenoxy) is 2. The van der Waals surface area contributed by atoms with Crippen LogP contribution in [0.1, 0.15) is 57.9 Å². The number of rotatable bonds is 12. The van der Waals surface area contributed by atoms with Crippen LogP contribution in [0.5, 0.6) is 11.5 Å². The highest BCUT2D eigenvalue weighted by Crippen LogP contribution is 2.48. The van der Waals surface area contributed by atoms with Crippen LogP contribution in [0.3, 0.4) is 0 Å². The fourth-order valence-corrected chi connectivity index (χ4v) is 5.63. The van der Waals surface area contributed by atoms with Crippen LogP contribution in [-0.4, -0.2) is 41.5 Å². The van der Waals surface area contributed by atoms with Crippen molar-refractivity contribution in [2.75, 3.05) is 23.8 Å².